The molecule has 2 aromatic carbocycles. The first kappa shape index (κ1) is 19.4. The third kappa shape index (κ3) is 3.24. The summed E-state index contributed by atoms with van der Waals surface area (Å²) in [4.78, 5) is 5.04. The fourth-order valence-electron chi connectivity index (χ4n) is 4.75. The lowest BCUT2D eigenvalue weighted by Gasteiger charge is -2.39. The number of ether oxygens (including phenoxy) is 1. The molecule has 2 aliphatic heterocycles. The second-order valence-electron chi connectivity index (χ2n) is 8.98. The van der Waals surface area contributed by atoms with Crippen LogP contribution in [0.1, 0.15) is 41.7 Å². The first-order chi connectivity index (χ1) is 13.2. The highest BCUT2D eigenvalue weighted by atomic mass is 35.5. The minimum atomic E-state index is -0.103. The molecule has 3 nitrogen and oxygen atoms in total. The Kier molecular flexibility index (Phi) is 4.78. The Morgan fingerprint density at radius 3 is 2.18 bits per heavy atom. The first-order valence-electron chi connectivity index (χ1n) is 10.3. The fourth-order valence-corrected chi connectivity index (χ4v) is 4.86. The molecule has 0 unspecified atom stereocenters. The maximum Gasteiger partial charge on any atom is 0.127 e. The highest BCUT2D eigenvalue weighted by molar-refractivity contribution is 6.31. The summed E-state index contributed by atoms with van der Waals surface area (Å²) in [5.74, 6) is 1.12. The van der Waals surface area contributed by atoms with E-state index in [1.807, 2.05) is 6.07 Å². The van der Waals surface area contributed by atoms with Gasteiger partial charge in [-0.15, -0.1) is 0 Å². The number of rotatable bonds is 2. The molecule has 4 heteroatoms. The third-order valence-corrected chi connectivity index (χ3v) is 6.85. The largest absolute Gasteiger partial charge is 0.487 e. The van der Waals surface area contributed by atoms with Gasteiger partial charge < -0.3 is 14.5 Å². The van der Waals surface area contributed by atoms with E-state index in [9.17, 15) is 0 Å². The Bertz CT molecular complexity index is 927. The number of piperazine rings is 1. The summed E-state index contributed by atoms with van der Waals surface area (Å²) in [5, 5.41) is 0.840. The van der Waals surface area contributed by atoms with E-state index in [1.165, 1.54) is 33.6 Å². The predicted molar refractivity (Wildman–Crippen MR) is 120 cm³/mol. The summed E-state index contributed by atoms with van der Waals surface area (Å²) in [7, 11) is 0. The zero-order valence-corrected chi connectivity index (χ0v) is 18.7. The van der Waals surface area contributed by atoms with Crippen LogP contribution < -0.4 is 14.5 Å². The van der Waals surface area contributed by atoms with Gasteiger partial charge in [0.2, 0.25) is 0 Å². The van der Waals surface area contributed by atoms with E-state index in [0.717, 1.165) is 48.9 Å². The van der Waals surface area contributed by atoms with Gasteiger partial charge in [0.1, 0.15) is 11.4 Å². The van der Waals surface area contributed by atoms with Gasteiger partial charge in [0.25, 0.3) is 0 Å². The van der Waals surface area contributed by atoms with E-state index in [2.05, 4.69) is 63.5 Å². The van der Waals surface area contributed by atoms with E-state index >= 15 is 0 Å². The quantitative estimate of drug-likeness (QED) is 0.653. The zero-order valence-electron chi connectivity index (χ0n) is 17.9. The molecular weight excluding hydrogens is 368 g/mol. The number of halogens is 1. The molecule has 0 aliphatic carbocycles. The summed E-state index contributed by atoms with van der Waals surface area (Å²) in [5.41, 5.74) is 9.21. The van der Waals surface area contributed by atoms with E-state index in [-0.39, 0.29) is 5.60 Å². The van der Waals surface area contributed by atoms with Crippen molar-refractivity contribution in [3.63, 3.8) is 0 Å². The summed E-state index contributed by atoms with van der Waals surface area (Å²) >= 11 is 6.20. The molecule has 2 aliphatic rings. The van der Waals surface area contributed by atoms with Crippen molar-refractivity contribution in [1.82, 2.24) is 0 Å². The van der Waals surface area contributed by atoms with Gasteiger partial charge in [-0.3, -0.25) is 0 Å². The van der Waals surface area contributed by atoms with Crippen LogP contribution in [0.4, 0.5) is 11.4 Å². The normalized spacial score (nSPS) is 18.2. The summed E-state index contributed by atoms with van der Waals surface area (Å²) in [6.45, 7) is 17.3. The van der Waals surface area contributed by atoms with Crippen molar-refractivity contribution in [1.29, 1.82) is 0 Å². The smallest absolute Gasteiger partial charge is 0.127 e. The second kappa shape index (κ2) is 6.88. The lowest BCUT2D eigenvalue weighted by atomic mass is 9.91. The maximum atomic E-state index is 6.29. The van der Waals surface area contributed by atoms with E-state index < -0.39 is 0 Å². The lowest BCUT2D eigenvalue weighted by molar-refractivity contribution is 0.137. The van der Waals surface area contributed by atoms with Crippen molar-refractivity contribution in [3.8, 4) is 5.75 Å². The van der Waals surface area contributed by atoms with Crippen molar-refractivity contribution < 1.29 is 4.74 Å². The Balaban J connectivity index is 1.59. The van der Waals surface area contributed by atoms with E-state index in [4.69, 9.17) is 16.3 Å². The van der Waals surface area contributed by atoms with Crippen molar-refractivity contribution in [2.75, 3.05) is 36.0 Å². The molecule has 0 spiro atoms. The molecule has 28 heavy (non-hydrogen) atoms. The molecule has 1 fully saturated rings. The van der Waals surface area contributed by atoms with Crippen LogP contribution >= 0.6 is 11.6 Å². The Morgan fingerprint density at radius 2 is 1.54 bits per heavy atom. The van der Waals surface area contributed by atoms with Gasteiger partial charge in [-0.2, -0.15) is 0 Å². The monoisotopic (exact) mass is 398 g/mol. The minimum Gasteiger partial charge on any atom is -0.487 e. The average molecular weight is 399 g/mol. The molecule has 0 bridgehead atoms. The van der Waals surface area contributed by atoms with Gasteiger partial charge >= 0.3 is 0 Å². The molecule has 0 aromatic heterocycles. The molecule has 0 amide bonds. The molecule has 150 valence electrons. The van der Waals surface area contributed by atoms with Gasteiger partial charge in [-0.05, 0) is 82.0 Å². The number of benzene rings is 2. The average Bonchev–Trinajstić information content (AvgIpc) is 2.99. The molecule has 2 heterocycles. The van der Waals surface area contributed by atoms with Crippen molar-refractivity contribution in [3.05, 3.63) is 51.0 Å². The van der Waals surface area contributed by atoms with Crippen molar-refractivity contribution in [2.45, 2.75) is 53.6 Å². The number of nitrogens with zero attached hydrogens (tertiary/aromatic N) is 2. The van der Waals surface area contributed by atoms with Crippen LogP contribution in [0, 0.1) is 27.7 Å². The van der Waals surface area contributed by atoms with Crippen LogP contribution in [0.5, 0.6) is 5.75 Å². The molecular formula is C24H31ClN2O. The topological polar surface area (TPSA) is 15.7 Å². The Hall–Kier alpha value is -1.87. The van der Waals surface area contributed by atoms with Crippen LogP contribution in [0.3, 0.4) is 0 Å². The van der Waals surface area contributed by atoms with Gasteiger partial charge in [0, 0.05) is 54.6 Å². The summed E-state index contributed by atoms with van der Waals surface area (Å²) in [6.07, 6.45) is 0.992. The van der Waals surface area contributed by atoms with E-state index in [0.29, 0.717) is 0 Å². The second-order valence-corrected chi connectivity index (χ2v) is 9.38. The van der Waals surface area contributed by atoms with Gasteiger partial charge in [0.15, 0.2) is 0 Å². The van der Waals surface area contributed by atoms with Crippen LogP contribution in [-0.2, 0) is 6.42 Å². The molecule has 1 saturated heterocycles. The third-order valence-electron chi connectivity index (χ3n) is 6.42. The van der Waals surface area contributed by atoms with Crippen LogP contribution in [0.15, 0.2) is 18.2 Å². The Labute approximate surface area is 174 Å². The standard InChI is InChI=1S/C24H31ClN2O/c1-15-13-19(7-8-21(15)25)26-9-11-27(12-10-26)22-16(2)17(3)23-20(18(22)4)14-24(5,6)28-23/h7-8,13H,9-12,14H2,1-6H3. The molecule has 0 atom stereocenters. The highest BCUT2D eigenvalue weighted by Crippen LogP contribution is 2.45. The highest BCUT2D eigenvalue weighted by Gasteiger charge is 2.35. The van der Waals surface area contributed by atoms with Crippen LogP contribution in [0.25, 0.3) is 0 Å². The fraction of sp³-hybridized carbons (Fsp3) is 0.500. The summed E-state index contributed by atoms with van der Waals surface area (Å²) in [6, 6.07) is 6.35. The number of anilines is 2. The molecule has 2 aromatic rings. The number of hydrogen-bond acceptors (Lipinski definition) is 3. The van der Waals surface area contributed by atoms with Crippen LogP contribution in [-0.4, -0.2) is 31.8 Å². The number of hydrogen-bond donors (Lipinski definition) is 0. The SMILES string of the molecule is Cc1cc(N2CCN(c3c(C)c(C)c4c(c3C)CC(C)(C)O4)CC2)ccc1Cl. The van der Waals surface area contributed by atoms with Gasteiger partial charge in [-0.25, -0.2) is 0 Å². The summed E-state index contributed by atoms with van der Waals surface area (Å²) < 4.78 is 6.29. The maximum absolute atomic E-state index is 6.29. The van der Waals surface area contributed by atoms with Crippen molar-refractivity contribution in [2.24, 2.45) is 0 Å². The minimum absolute atomic E-state index is 0.103. The molecule has 0 saturated carbocycles. The first-order valence-corrected chi connectivity index (χ1v) is 10.6. The van der Waals surface area contributed by atoms with E-state index in [1.54, 1.807) is 0 Å². The van der Waals surface area contributed by atoms with Crippen LogP contribution in [0.2, 0.25) is 5.02 Å². The molecule has 0 radical (unpaired) electrons. The van der Waals surface area contributed by atoms with Crippen molar-refractivity contribution >= 4 is 23.0 Å². The number of fused-ring (bicyclic) bond motifs is 1. The van der Waals surface area contributed by atoms with Gasteiger partial charge in [0.05, 0.1) is 0 Å². The van der Waals surface area contributed by atoms with Gasteiger partial charge in [-0.1, -0.05) is 11.6 Å². The lowest BCUT2D eigenvalue weighted by Crippen LogP contribution is -2.47. The molecule has 0 N–H and O–H groups in total. The zero-order chi connectivity index (χ0) is 20.2. The Morgan fingerprint density at radius 1 is 0.893 bits per heavy atom. The molecule has 4 rings (SSSR count). The predicted octanol–water partition coefficient (Wildman–Crippen LogP) is 5.61. The number of aryl methyl sites for hydroxylation is 1.